The highest BCUT2D eigenvalue weighted by Crippen LogP contribution is 2.52. The van der Waals surface area contributed by atoms with Crippen LogP contribution >= 0.6 is 15.9 Å². The summed E-state index contributed by atoms with van der Waals surface area (Å²) in [5.41, 5.74) is 5.17. The smallest absolute Gasteiger partial charge is 0.234 e. The van der Waals surface area contributed by atoms with Gasteiger partial charge in [0, 0.05) is 28.2 Å². The van der Waals surface area contributed by atoms with E-state index < -0.39 is 0 Å². The topological polar surface area (TPSA) is 79.7 Å². The SMILES string of the molecule is CC(C)C1=C2[C@@H](CC/C(=C/c3cc(Br)ccc3O)c3ccccn3)OC[C@@H]2[C@@H]2C(=O)N(C3CCCCC3)C(=O)[C@@H]2C1. The number of aromatic nitrogens is 1. The largest absolute Gasteiger partial charge is 0.507 e. The molecule has 0 spiro atoms. The number of fused-ring (bicyclic) bond motifs is 3. The minimum atomic E-state index is -0.295. The van der Waals surface area contributed by atoms with E-state index >= 15 is 0 Å². The number of amides is 2. The first kappa shape index (κ1) is 28.4. The Balaban J connectivity index is 1.28. The summed E-state index contributed by atoms with van der Waals surface area (Å²) in [4.78, 5) is 33.8. The molecule has 0 unspecified atom stereocenters. The minimum Gasteiger partial charge on any atom is -0.507 e. The fourth-order valence-corrected chi connectivity index (χ4v) is 8.00. The molecule has 6 rings (SSSR count). The van der Waals surface area contributed by atoms with E-state index in [1.807, 2.05) is 36.4 Å². The van der Waals surface area contributed by atoms with Crippen molar-refractivity contribution in [3.63, 3.8) is 0 Å². The third-order valence-corrected chi connectivity index (χ3v) is 10.1. The lowest BCUT2D eigenvalue weighted by Crippen LogP contribution is -2.42. The zero-order valence-electron chi connectivity index (χ0n) is 23.9. The number of phenols is 1. The fourth-order valence-electron chi connectivity index (χ4n) is 7.62. The van der Waals surface area contributed by atoms with Gasteiger partial charge in [0.15, 0.2) is 0 Å². The number of benzene rings is 1. The first-order valence-corrected chi connectivity index (χ1v) is 15.9. The highest BCUT2D eigenvalue weighted by Gasteiger charge is 2.58. The van der Waals surface area contributed by atoms with Crippen molar-refractivity contribution >= 4 is 39.4 Å². The predicted molar refractivity (Wildman–Crippen MR) is 163 cm³/mol. The summed E-state index contributed by atoms with van der Waals surface area (Å²) in [5, 5.41) is 10.5. The maximum Gasteiger partial charge on any atom is 0.234 e. The Morgan fingerprint density at radius 3 is 2.66 bits per heavy atom. The number of hydrogen-bond acceptors (Lipinski definition) is 5. The van der Waals surface area contributed by atoms with E-state index in [0.29, 0.717) is 19.4 Å². The van der Waals surface area contributed by atoms with Gasteiger partial charge in [-0.05, 0) is 85.6 Å². The van der Waals surface area contributed by atoms with Gasteiger partial charge in [-0.2, -0.15) is 0 Å². The summed E-state index contributed by atoms with van der Waals surface area (Å²) < 4.78 is 7.38. The molecule has 2 aromatic rings. The van der Waals surface area contributed by atoms with Crippen LogP contribution in [0.5, 0.6) is 5.75 Å². The lowest BCUT2D eigenvalue weighted by molar-refractivity contribution is -0.143. The molecule has 41 heavy (non-hydrogen) atoms. The molecule has 6 nitrogen and oxygen atoms in total. The maximum atomic E-state index is 13.9. The van der Waals surface area contributed by atoms with E-state index in [0.717, 1.165) is 53.4 Å². The number of ether oxygens (including phenoxy) is 1. The van der Waals surface area contributed by atoms with Gasteiger partial charge in [0.25, 0.3) is 0 Å². The van der Waals surface area contributed by atoms with E-state index in [9.17, 15) is 14.7 Å². The number of imide groups is 1. The van der Waals surface area contributed by atoms with Gasteiger partial charge < -0.3 is 9.84 Å². The molecule has 3 fully saturated rings. The minimum absolute atomic E-state index is 0.0300. The molecule has 2 amide bonds. The molecule has 2 saturated heterocycles. The second-order valence-electron chi connectivity index (χ2n) is 12.4. The molecule has 1 saturated carbocycles. The van der Waals surface area contributed by atoms with Crippen molar-refractivity contribution in [2.75, 3.05) is 6.61 Å². The Morgan fingerprint density at radius 1 is 1.12 bits per heavy atom. The third-order valence-electron chi connectivity index (χ3n) is 9.60. The molecule has 2 aliphatic carbocycles. The zero-order valence-corrected chi connectivity index (χ0v) is 25.5. The second-order valence-corrected chi connectivity index (χ2v) is 13.3. The lowest BCUT2D eigenvalue weighted by atomic mass is 9.67. The van der Waals surface area contributed by atoms with Gasteiger partial charge in [0.05, 0.1) is 30.2 Å². The average molecular weight is 620 g/mol. The fraction of sp³-hybridized carbons (Fsp3) is 0.500. The third kappa shape index (κ3) is 5.43. The molecule has 4 aliphatic rings. The van der Waals surface area contributed by atoms with Crippen molar-refractivity contribution in [1.82, 2.24) is 9.88 Å². The van der Waals surface area contributed by atoms with Gasteiger partial charge in [-0.3, -0.25) is 19.5 Å². The number of carbonyl (C=O) groups is 2. The van der Waals surface area contributed by atoms with Gasteiger partial charge in [-0.1, -0.05) is 60.7 Å². The highest BCUT2D eigenvalue weighted by atomic mass is 79.9. The Hall–Kier alpha value is -2.77. The molecule has 1 aromatic heterocycles. The number of likely N-dealkylation sites (tertiary alicyclic amines) is 1. The van der Waals surface area contributed by atoms with Crippen molar-refractivity contribution in [2.24, 2.45) is 23.7 Å². The number of hydrogen-bond donors (Lipinski definition) is 1. The van der Waals surface area contributed by atoms with Gasteiger partial charge >= 0.3 is 0 Å². The molecule has 216 valence electrons. The summed E-state index contributed by atoms with van der Waals surface area (Å²) >= 11 is 3.52. The molecule has 2 aliphatic heterocycles. The number of allylic oxidation sites excluding steroid dienone is 2. The monoisotopic (exact) mass is 618 g/mol. The predicted octanol–water partition coefficient (Wildman–Crippen LogP) is 7.18. The Bertz CT molecular complexity index is 1380. The Morgan fingerprint density at radius 2 is 1.93 bits per heavy atom. The van der Waals surface area contributed by atoms with Crippen LogP contribution in [-0.2, 0) is 14.3 Å². The van der Waals surface area contributed by atoms with Gasteiger partial charge in [-0.25, -0.2) is 0 Å². The van der Waals surface area contributed by atoms with Crippen LogP contribution in [0.4, 0.5) is 0 Å². The Labute approximate surface area is 251 Å². The summed E-state index contributed by atoms with van der Waals surface area (Å²) in [6, 6.07) is 11.3. The van der Waals surface area contributed by atoms with E-state index in [2.05, 4.69) is 34.8 Å². The number of rotatable bonds is 7. The summed E-state index contributed by atoms with van der Waals surface area (Å²) in [6.45, 7) is 4.89. The zero-order chi connectivity index (χ0) is 28.7. The van der Waals surface area contributed by atoms with E-state index in [-0.39, 0.29) is 53.4 Å². The molecule has 3 heterocycles. The van der Waals surface area contributed by atoms with Gasteiger partial charge in [0.2, 0.25) is 11.8 Å². The Kier molecular flexibility index (Phi) is 8.19. The summed E-state index contributed by atoms with van der Waals surface area (Å²) in [6.07, 6.45) is 11.0. The van der Waals surface area contributed by atoms with E-state index in [1.54, 1.807) is 17.2 Å². The molecule has 1 N–H and O–H groups in total. The quantitative estimate of drug-likeness (QED) is 0.263. The van der Waals surface area contributed by atoms with Crippen molar-refractivity contribution in [1.29, 1.82) is 0 Å². The molecular formula is C34H39BrN2O4. The standard InChI is InChI=1S/C34H39BrN2O4/c1-20(2)25-18-26-32(34(40)37(33(26)39)24-8-4-3-5-9-24)27-19-41-30(31(25)27)14-11-21(28-10-6-7-15-36-28)16-22-17-23(35)12-13-29(22)38/h6-7,10,12-13,15-17,20,24,26-27,30,32,38H,3-5,8-9,11,14,18-19H2,1-2H3/b21-16-/t26-,27+,30-,32-/m1/s1. The molecule has 4 atom stereocenters. The van der Waals surface area contributed by atoms with Gasteiger partial charge in [-0.15, -0.1) is 0 Å². The molecular weight excluding hydrogens is 580 g/mol. The molecule has 1 aromatic carbocycles. The number of phenolic OH excluding ortho intramolecular Hbond substituents is 1. The van der Waals surface area contributed by atoms with E-state index in [4.69, 9.17) is 4.74 Å². The van der Waals surface area contributed by atoms with Crippen molar-refractivity contribution in [3.05, 3.63) is 69.5 Å². The molecule has 7 heteroatoms. The number of nitrogens with zero attached hydrogens (tertiary/aromatic N) is 2. The number of aromatic hydroxyl groups is 1. The van der Waals surface area contributed by atoms with Crippen LogP contribution in [0.1, 0.15) is 76.5 Å². The van der Waals surface area contributed by atoms with Crippen LogP contribution in [0, 0.1) is 23.7 Å². The van der Waals surface area contributed by atoms with Crippen LogP contribution in [0.2, 0.25) is 0 Å². The maximum absolute atomic E-state index is 13.9. The van der Waals surface area contributed by atoms with Crippen LogP contribution < -0.4 is 0 Å². The van der Waals surface area contributed by atoms with Crippen LogP contribution in [0.3, 0.4) is 0 Å². The average Bonchev–Trinajstić information content (AvgIpc) is 3.51. The van der Waals surface area contributed by atoms with Crippen LogP contribution in [0.15, 0.2) is 58.2 Å². The van der Waals surface area contributed by atoms with Crippen molar-refractivity contribution in [3.8, 4) is 5.75 Å². The number of carbonyl (C=O) groups excluding carboxylic acids is 2. The van der Waals surface area contributed by atoms with Crippen LogP contribution in [0.25, 0.3) is 11.6 Å². The second kappa shape index (κ2) is 11.8. The normalized spacial score (nSPS) is 27.1. The first-order valence-electron chi connectivity index (χ1n) is 15.1. The number of pyridine rings is 1. The van der Waals surface area contributed by atoms with Crippen molar-refractivity contribution < 1.29 is 19.4 Å². The summed E-state index contributed by atoms with van der Waals surface area (Å²) in [5.74, 6) is 0.0281. The van der Waals surface area contributed by atoms with E-state index in [1.165, 1.54) is 17.6 Å². The summed E-state index contributed by atoms with van der Waals surface area (Å²) in [7, 11) is 0. The molecule has 0 bridgehead atoms. The molecule has 0 radical (unpaired) electrons. The lowest BCUT2D eigenvalue weighted by Gasteiger charge is -2.33. The van der Waals surface area contributed by atoms with Crippen molar-refractivity contribution in [2.45, 2.75) is 77.4 Å². The van der Waals surface area contributed by atoms with Gasteiger partial charge in [0.1, 0.15) is 5.75 Å². The first-order chi connectivity index (χ1) is 19.8. The van der Waals surface area contributed by atoms with Crippen LogP contribution in [-0.4, -0.2) is 45.6 Å². The highest BCUT2D eigenvalue weighted by molar-refractivity contribution is 9.10. The number of halogens is 1.